The minimum absolute atomic E-state index is 0.00985. The standard InChI is InChI=1S/C17H22N4O2/c1-17(12-22)9-4-8-15(17)20-16(23)19-13-6-2-3-7-14(13)21-11-5-10-18-21/h2-3,5-7,10-11,15,22H,4,8-9,12H2,1H3,(H2,19,20,23). The third-order valence-corrected chi connectivity index (χ3v) is 4.65. The molecular weight excluding hydrogens is 292 g/mol. The number of nitrogens with one attached hydrogen (secondary N) is 2. The molecule has 0 bridgehead atoms. The maximum Gasteiger partial charge on any atom is 0.319 e. The van der Waals surface area contributed by atoms with Gasteiger partial charge in [-0.15, -0.1) is 0 Å². The highest BCUT2D eigenvalue weighted by molar-refractivity contribution is 5.91. The number of aliphatic hydroxyl groups excluding tert-OH is 1. The molecule has 6 heteroatoms. The van der Waals surface area contributed by atoms with Gasteiger partial charge in [0.1, 0.15) is 0 Å². The van der Waals surface area contributed by atoms with E-state index in [1.165, 1.54) is 0 Å². The smallest absolute Gasteiger partial charge is 0.319 e. The lowest BCUT2D eigenvalue weighted by Crippen LogP contribution is -2.46. The fourth-order valence-corrected chi connectivity index (χ4v) is 3.18. The third kappa shape index (κ3) is 3.22. The normalized spacial score (nSPS) is 23.7. The zero-order valence-electron chi connectivity index (χ0n) is 13.2. The second-order valence-electron chi connectivity index (χ2n) is 6.32. The summed E-state index contributed by atoms with van der Waals surface area (Å²) in [6, 6.07) is 9.09. The number of benzene rings is 1. The Kier molecular flexibility index (Phi) is 4.34. The van der Waals surface area contributed by atoms with E-state index in [-0.39, 0.29) is 24.1 Å². The van der Waals surface area contributed by atoms with E-state index in [1.54, 1.807) is 10.9 Å². The monoisotopic (exact) mass is 314 g/mol. The van der Waals surface area contributed by atoms with Crippen molar-refractivity contribution in [1.82, 2.24) is 15.1 Å². The lowest BCUT2D eigenvalue weighted by molar-refractivity contribution is 0.122. The Balaban J connectivity index is 1.72. The first-order chi connectivity index (χ1) is 11.1. The molecule has 6 nitrogen and oxygen atoms in total. The average Bonchev–Trinajstić information content (AvgIpc) is 3.19. The molecule has 1 aromatic carbocycles. The predicted molar refractivity (Wildman–Crippen MR) is 88.6 cm³/mol. The molecular formula is C17H22N4O2. The van der Waals surface area contributed by atoms with Crippen molar-refractivity contribution in [3.8, 4) is 5.69 Å². The molecule has 3 rings (SSSR count). The van der Waals surface area contributed by atoms with Crippen molar-refractivity contribution in [2.45, 2.75) is 32.2 Å². The van der Waals surface area contributed by atoms with Gasteiger partial charge in [0.2, 0.25) is 0 Å². The van der Waals surface area contributed by atoms with Gasteiger partial charge in [0, 0.05) is 23.9 Å². The van der Waals surface area contributed by atoms with Crippen LogP contribution in [0.5, 0.6) is 0 Å². The molecule has 0 spiro atoms. The van der Waals surface area contributed by atoms with Crippen LogP contribution in [0.1, 0.15) is 26.2 Å². The van der Waals surface area contributed by atoms with Crippen LogP contribution in [0.15, 0.2) is 42.7 Å². The fraction of sp³-hybridized carbons (Fsp3) is 0.412. The van der Waals surface area contributed by atoms with E-state index >= 15 is 0 Å². The molecule has 1 fully saturated rings. The molecule has 2 aromatic rings. The summed E-state index contributed by atoms with van der Waals surface area (Å²) in [4.78, 5) is 12.4. The van der Waals surface area contributed by atoms with Crippen molar-refractivity contribution < 1.29 is 9.90 Å². The number of aliphatic hydroxyl groups is 1. The second-order valence-corrected chi connectivity index (χ2v) is 6.32. The number of rotatable bonds is 4. The van der Waals surface area contributed by atoms with Crippen LogP contribution in [0, 0.1) is 5.41 Å². The highest BCUT2D eigenvalue weighted by Gasteiger charge is 2.39. The number of carbonyl (C=O) groups is 1. The van der Waals surface area contributed by atoms with E-state index in [1.807, 2.05) is 43.5 Å². The van der Waals surface area contributed by atoms with Crippen molar-refractivity contribution in [3.05, 3.63) is 42.7 Å². The van der Waals surface area contributed by atoms with Crippen LogP contribution in [-0.4, -0.2) is 33.6 Å². The molecule has 1 heterocycles. The highest BCUT2D eigenvalue weighted by Crippen LogP contribution is 2.37. The number of amides is 2. The summed E-state index contributed by atoms with van der Waals surface area (Å²) in [5.41, 5.74) is 1.26. The van der Waals surface area contributed by atoms with E-state index in [0.717, 1.165) is 24.9 Å². The average molecular weight is 314 g/mol. The number of nitrogens with zero attached hydrogens (tertiary/aromatic N) is 2. The van der Waals surface area contributed by atoms with Crippen LogP contribution in [0.2, 0.25) is 0 Å². The van der Waals surface area contributed by atoms with Crippen molar-refractivity contribution in [3.63, 3.8) is 0 Å². The Labute approximate surface area is 135 Å². The summed E-state index contributed by atoms with van der Waals surface area (Å²) in [7, 11) is 0. The largest absolute Gasteiger partial charge is 0.396 e. The Bertz CT molecular complexity index is 671. The van der Waals surface area contributed by atoms with Crippen LogP contribution < -0.4 is 10.6 Å². The number of anilines is 1. The zero-order valence-corrected chi connectivity index (χ0v) is 13.2. The van der Waals surface area contributed by atoms with Crippen LogP contribution in [0.3, 0.4) is 0 Å². The van der Waals surface area contributed by atoms with E-state index in [0.29, 0.717) is 5.69 Å². The van der Waals surface area contributed by atoms with Crippen molar-refractivity contribution in [2.24, 2.45) is 5.41 Å². The summed E-state index contributed by atoms with van der Waals surface area (Å²) < 4.78 is 1.71. The predicted octanol–water partition coefficient (Wildman–Crippen LogP) is 2.54. The van der Waals surface area contributed by atoms with Gasteiger partial charge in [-0.25, -0.2) is 9.48 Å². The van der Waals surface area contributed by atoms with Crippen LogP contribution in [0.25, 0.3) is 5.69 Å². The molecule has 122 valence electrons. The quantitative estimate of drug-likeness (QED) is 0.811. The molecule has 0 aliphatic heterocycles. The van der Waals surface area contributed by atoms with Gasteiger partial charge >= 0.3 is 6.03 Å². The van der Waals surface area contributed by atoms with Crippen molar-refractivity contribution in [1.29, 1.82) is 0 Å². The van der Waals surface area contributed by atoms with Crippen molar-refractivity contribution in [2.75, 3.05) is 11.9 Å². The summed E-state index contributed by atoms with van der Waals surface area (Å²) in [5, 5.41) is 19.7. The molecule has 23 heavy (non-hydrogen) atoms. The second kappa shape index (κ2) is 6.42. The summed E-state index contributed by atoms with van der Waals surface area (Å²) in [6.45, 7) is 2.10. The minimum atomic E-state index is -0.254. The lowest BCUT2D eigenvalue weighted by Gasteiger charge is -2.30. The number of para-hydroxylation sites is 2. The number of aromatic nitrogens is 2. The summed E-state index contributed by atoms with van der Waals surface area (Å²) in [5.74, 6) is 0. The molecule has 0 radical (unpaired) electrons. The van der Waals surface area contributed by atoms with Gasteiger partial charge in [-0.05, 0) is 31.0 Å². The van der Waals surface area contributed by atoms with Crippen LogP contribution in [0.4, 0.5) is 10.5 Å². The molecule has 2 unspecified atom stereocenters. The minimum Gasteiger partial charge on any atom is -0.396 e. The van der Waals surface area contributed by atoms with E-state index in [9.17, 15) is 9.90 Å². The Hall–Kier alpha value is -2.34. The third-order valence-electron chi connectivity index (χ3n) is 4.65. The Morgan fingerprint density at radius 3 is 3.00 bits per heavy atom. The van der Waals surface area contributed by atoms with Gasteiger partial charge < -0.3 is 15.7 Å². The maximum absolute atomic E-state index is 12.4. The molecule has 1 saturated carbocycles. The van der Waals surface area contributed by atoms with E-state index in [2.05, 4.69) is 15.7 Å². The van der Waals surface area contributed by atoms with Gasteiger partial charge in [0.05, 0.1) is 18.0 Å². The van der Waals surface area contributed by atoms with Gasteiger partial charge in [0.25, 0.3) is 0 Å². The molecule has 1 aliphatic rings. The molecule has 2 amide bonds. The highest BCUT2D eigenvalue weighted by atomic mass is 16.3. The summed E-state index contributed by atoms with van der Waals surface area (Å²) in [6.07, 6.45) is 6.37. The van der Waals surface area contributed by atoms with Gasteiger partial charge in [-0.3, -0.25) is 0 Å². The lowest BCUT2D eigenvalue weighted by atomic mass is 9.86. The first kappa shape index (κ1) is 15.6. The first-order valence-corrected chi connectivity index (χ1v) is 7.90. The topological polar surface area (TPSA) is 79.2 Å². The number of hydrogen-bond acceptors (Lipinski definition) is 3. The summed E-state index contributed by atoms with van der Waals surface area (Å²) >= 11 is 0. The number of urea groups is 1. The Morgan fingerprint density at radius 2 is 2.26 bits per heavy atom. The molecule has 1 aliphatic carbocycles. The van der Waals surface area contributed by atoms with Crippen molar-refractivity contribution >= 4 is 11.7 Å². The van der Waals surface area contributed by atoms with E-state index in [4.69, 9.17) is 0 Å². The Morgan fingerprint density at radius 1 is 1.43 bits per heavy atom. The maximum atomic E-state index is 12.4. The van der Waals surface area contributed by atoms with Crippen LogP contribution >= 0.6 is 0 Å². The van der Waals surface area contributed by atoms with Gasteiger partial charge in [-0.2, -0.15) is 5.10 Å². The fourth-order valence-electron chi connectivity index (χ4n) is 3.18. The first-order valence-electron chi connectivity index (χ1n) is 7.90. The molecule has 1 aromatic heterocycles. The number of carbonyl (C=O) groups excluding carboxylic acids is 1. The molecule has 0 saturated heterocycles. The molecule has 2 atom stereocenters. The molecule has 3 N–H and O–H groups in total. The van der Waals surface area contributed by atoms with Gasteiger partial charge in [-0.1, -0.05) is 25.5 Å². The SMILES string of the molecule is CC1(CO)CCCC1NC(=O)Nc1ccccc1-n1cccn1. The zero-order chi connectivity index (χ0) is 16.3. The van der Waals surface area contributed by atoms with Crippen LogP contribution in [-0.2, 0) is 0 Å². The van der Waals surface area contributed by atoms with E-state index < -0.39 is 0 Å². The van der Waals surface area contributed by atoms with Gasteiger partial charge in [0.15, 0.2) is 0 Å². The number of hydrogen-bond donors (Lipinski definition) is 3.